The second-order valence-electron chi connectivity index (χ2n) is 6.77. The van der Waals surface area contributed by atoms with E-state index in [1.165, 1.54) is 4.88 Å². The molecule has 1 amide bonds. The van der Waals surface area contributed by atoms with Crippen LogP contribution in [-0.4, -0.2) is 29.0 Å². The Morgan fingerprint density at radius 3 is 3.07 bits per heavy atom. The highest BCUT2D eigenvalue weighted by Crippen LogP contribution is 2.32. The fraction of sp³-hybridized carbons (Fsp3) is 0.350. The molecule has 0 bridgehead atoms. The molecule has 1 aliphatic heterocycles. The molecule has 0 radical (unpaired) electrons. The van der Waals surface area contributed by atoms with Crippen molar-refractivity contribution in [1.82, 2.24) is 9.97 Å². The van der Waals surface area contributed by atoms with E-state index in [1.54, 1.807) is 29.8 Å². The summed E-state index contributed by atoms with van der Waals surface area (Å²) in [6, 6.07) is 9.45. The Balaban J connectivity index is 1.53. The summed E-state index contributed by atoms with van der Waals surface area (Å²) in [5, 5.41) is 4.70. The Hall–Kier alpha value is -2.18. The molecule has 1 atom stereocenters. The highest BCUT2D eigenvalue weighted by molar-refractivity contribution is 7.18. The number of rotatable bonds is 4. The number of anilines is 2. The zero-order valence-electron chi connectivity index (χ0n) is 15.1. The second kappa shape index (κ2) is 7.82. The lowest BCUT2D eigenvalue weighted by atomic mass is 9.97. The van der Waals surface area contributed by atoms with Gasteiger partial charge in [-0.25, -0.2) is 9.97 Å². The van der Waals surface area contributed by atoms with Crippen LogP contribution in [-0.2, 0) is 11.2 Å². The van der Waals surface area contributed by atoms with Gasteiger partial charge in [0.05, 0.1) is 11.3 Å². The summed E-state index contributed by atoms with van der Waals surface area (Å²) < 4.78 is 0. The summed E-state index contributed by atoms with van der Waals surface area (Å²) in [5.41, 5.74) is 0.736. The third kappa shape index (κ3) is 3.92. The highest BCUT2D eigenvalue weighted by Gasteiger charge is 2.28. The van der Waals surface area contributed by atoms with Gasteiger partial charge < -0.3 is 10.2 Å². The van der Waals surface area contributed by atoms with Gasteiger partial charge in [-0.15, -0.1) is 11.3 Å². The van der Waals surface area contributed by atoms with Gasteiger partial charge in [-0.3, -0.25) is 4.79 Å². The SMILES string of the molecule is CCc1cc2c(N3CCC[C@H](C(=O)Nc4cccc(Cl)c4)C3)ncnc2s1. The van der Waals surface area contributed by atoms with E-state index < -0.39 is 0 Å². The van der Waals surface area contributed by atoms with Crippen molar-refractivity contribution in [3.63, 3.8) is 0 Å². The van der Waals surface area contributed by atoms with Crippen LogP contribution in [0, 0.1) is 5.92 Å². The second-order valence-corrected chi connectivity index (χ2v) is 8.32. The first-order valence-corrected chi connectivity index (χ1v) is 10.4. The first-order valence-electron chi connectivity index (χ1n) is 9.19. The van der Waals surface area contributed by atoms with Gasteiger partial charge in [-0.05, 0) is 43.5 Å². The summed E-state index contributed by atoms with van der Waals surface area (Å²) in [7, 11) is 0. The summed E-state index contributed by atoms with van der Waals surface area (Å²) in [6.07, 6.45) is 4.46. The average molecular weight is 401 g/mol. The molecule has 0 spiro atoms. The zero-order valence-corrected chi connectivity index (χ0v) is 16.7. The summed E-state index contributed by atoms with van der Waals surface area (Å²) >= 11 is 7.73. The van der Waals surface area contributed by atoms with Crippen LogP contribution in [0.5, 0.6) is 0 Å². The zero-order chi connectivity index (χ0) is 18.8. The summed E-state index contributed by atoms with van der Waals surface area (Å²) in [5.74, 6) is 0.898. The van der Waals surface area contributed by atoms with Gasteiger partial charge in [0.1, 0.15) is 17.0 Å². The molecule has 4 rings (SSSR count). The van der Waals surface area contributed by atoms with Gasteiger partial charge in [-0.2, -0.15) is 0 Å². The lowest BCUT2D eigenvalue weighted by Gasteiger charge is -2.33. The first kappa shape index (κ1) is 18.2. The van der Waals surface area contributed by atoms with Crippen molar-refractivity contribution in [2.45, 2.75) is 26.2 Å². The third-order valence-electron chi connectivity index (χ3n) is 4.89. The molecule has 0 aliphatic carbocycles. The maximum absolute atomic E-state index is 12.8. The predicted molar refractivity (Wildman–Crippen MR) is 112 cm³/mol. The minimum atomic E-state index is -0.0768. The molecule has 7 heteroatoms. The lowest BCUT2D eigenvalue weighted by Crippen LogP contribution is -2.41. The number of benzene rings is 1. The van der Waals surface area contributed by atoms with Crippen LogP contribution in [0.25, 0.3) is 10.2 Å². The minimum absolute atomic E-state index is 0.0341. The van der Waals surface area contributed by atoms with Gasteiger partial charge in [0.2, 0.25) is 5.91 Å². The number of aromatic nitrogens is 2. The van der Waals surface area contributed by atoms with Gasteiger partial charge in [0.15, 0.2) is 0 Å². The monoisotopic (exact) mass is 400 g/mol. The molecule has 0 unspecified atom stereocenters. The quantitative estimate of drug-likeness (QED) is 0.685. The van der Waals surface area contributed by atoms with E-state index in [-0.39, 0.29) is 11.8 Å². The smallest absolute Gasteiger partial charge is 0.229 e. The van der Waals surface area contributed by atoms with E-state index in [0.29, 0.717) is 11.6 Å². The Bertz CT molecular complexity index is 974. The summed E-state index contributed by atoms with van der Waals surface area (Å²) in [6.45, 7) is 3.72. The normalized spacial score (nSPS) is 17.3. The van der Waals surface area contributed by atoms with Crippen LogP contribution in [0.3, 0.4) is 0 Å². The lowest BCUT2D eigenvalue weighted by molar-refractivity contribution is -0.120. The molecule has 0 saturated carbocycles. The number of fused-ring (bicyclic) bond motifs is 1. The van der Waals surface area contributed by atoms with Crippen LogP contribution < -0.4 is 10.2 Å². The maximum atomic E-state index is 12.8. The molecule has 1 saturated heterocycles. The largest absolute Gasteiger partial charge is 0.355 e. The van der Waals surface area contributed by atoms with Crippen LogP contribution in [0.4, 0.5) is 11.5 Å². The predicted octanol–water partition coefficient (Wildman–Crippen LogP) is 4.76. The number of hydrogen-bond donors (Lipinski definition) is 1. The molecule has 2 aromatic heterocycles. The molecule has 140 valence electrons. The third-order valence-corrected chi connectivity index (χ3v) is 6.31. The average Bonchev–Trinajstić information content (AvgIpc) is 3.11. The van der Waals surface area contributed by atoms with Crippen molar-refractivity contribution in [3.8, 4) is 0 Å². The number of carbonyl (C=O) groups excluding carboxylic acids is 1. The maximum Gasteiger partial charge on any atom is 0.229 e. The summed E-state index contributed by atoms with van der Waals surface area (Å²) in [4.78, 5) is 26.3. The van der Waals surface area contributed by atoms with Crippen molar-refractivity contribution < 1.29 is 4.79 Å². The molecule has 5 nitrogen and oxygen atoms in total. The van der Waals surface area contributed by atoms with Gasteiger partial charge in [-0.1, -0.05) is 24.6 Å². The Kier molecular flexibility index (Phi) is 5.27. The molecule has 3 heterocycles. The molecule has 3 aromatic rings. The van der Waals surface area contributed by atoms with E-state index in [9.17, 15) is 4.79 Å². The Morgan fingerprint density at radius 2 is 2.26 bits per heavy atom. The van der Waals surface area contributed by atoms with Crippen molar-refractivity contribution in [2.75, 3.05) is 23.3 Å². The number of amides is 1. The van der Waals surface area contributed by atoms with Crippen LogP contribution >= 0.6 is 22.9 Å². The molecule has 1 fully saturated rings. The van der Waals surface area contributed by atoms with E-state index in [1.807, 2.05) is 12.1 Å². The standard InChI is InChI=1S/C20H21ClN4OS/c1-2-16-10-17-18(22-12-23-20(17)27-16)25-8-4-5-13(11-25)19(26)24-15-7-3-6-14(21)9-15/h3,6-7,9-10,12-13H,2,4-5,8,11H2,1H3,(H,24,26)/t13-/m0/s1. The van der Waals surface area contributed by atoms with Gasteiger partial charge >= 0.3 is 0 Å². The van der Waals surface area contributed by atoms with Crippen molar-refractivity contribution in [2.24, 2.45) is 5.92 Å². The Morgan fingerprint density at radius 1 is 1.37 bits per heavy atom. The van der Waals surface area contributed by atoms with Gasteiger partial charge in [0.25, 0.3) is 0 Å². The minimum Gasteiger partial charge on any atom is -0.355 e. The Labute approximate surface area is 167 Å². The van der Waals surface area contributed by atoms with Crippen molar-refractivity contribution >= 4 is 50.6 Å². The number of aryl methyl sites for hydroxylation is 1. The number of hydrogen-bond acceptors (Lipinski definition) is 5. The number of nitrogens with zero attached hydrogens (tertiary/aromatic N) is 3. The van der Waals surface area contributed by atoms with E-state index in [4.69, 9.17) is 11.6 Å². The van der Waals surface area contributed by atoms with Crippen LogP contribution in [0.15, 0.2) is 36.7 Å². The highest BCUT2D eigenvalue weighted by atomic mass is 35.5. The molecular formula is C20H21ClN4OS. The fourth-order valence-corrected chi connectivity index (χ4v) is 4.63. The first-order chi connectivity index (χ1) is 13.1. The van der Waals surface area contributed by atoms with E-state index in [2.05, 4.69) is 33.2 Å². The number of thiophene rings is 1. The fourth-order valence-electron chi connectivity index (χ4n) is 3.51. The number of carbonyl (C=O) groups is 1. The number of piperidine rings is 1. The molecule has 27 heavy (non-hydrogen) atoms. The number of nitrogens with one attached hydrogen (secondary N) is 1. The molecular weight excluding hydrogens is 380 g/mol. The van der Waals surface area contributed by atoms with Crippen LogP contribution in [0.2, 0.25) is 5.02 Å². The molecule has 1 N–H and O–H groups in total. The van der Waals surface area contributed by atoms with Crippen molar-refractivity contribution in [3.05, 3.63) is 46.6 Å². The number of halogens is 1. The topological polar surface area (TPSA) is 58.1 Å². The molecule has 1 aliphatic rings. The van der Waals surface area contributed by atoms with E-state index >= 15 is 0 Å². The van der Waals surface area contributed by atoms with Crippen LogP contribution in [0.1, 0.15) is 24.6 Å². The van der Waals surface area contributed by atoms with Gasteiger partial charge in [0, 0.05) is 28.7 Å². The van der Waals surface area contributed by atoms with E-state index in [0.717, 1.165) is 47.5 Å². The molecule has 1 aromatic carbocycles. The van der Waals surface area contributed by atoms with Crippen molar-refractivity contribution in [1.29, 1.82) is 0 Å².